The van der Waals surface area contributed by atoms with Crippen molar-refractivity contribution in [3.63, 3.8) is 0 Å². The molecule has 0 aliphatic heterocycles. The number of carboxylic acids is 1. The maximum Gasteiger partial charge on any atom is 0.308 e. The summed E-state index contributed by atoms with van der Waals surface area (Å²) in [5, 5.41) is 17.4. The predicted molar refractivity (Wildman–Crippen MR) is 109 cm³/mol. The van der Waals surface area contributed by atoms with Crippen LogP contribution in [0, 0.1) is 5.92 Å². The van der Waals surface area contributed by atoms with Gasteiger partial charge in [0.05, 0.1) is 12.5 Å². The van der Waals surface area contributed by atoms with E-state index in [0.717, 1.165) is 70.6 Å². The van der Waals surface area contributed by atoms with Crippen LogP contribution < -0.4 is 0 Å². The molecule has 0 fully saturated rings. The molecule has 0 rings (SSSR count). The Balaban J connectivity index is 3.90. The molecule has 160 valence electrons. The van der Waals surface area contributed by atoms with Crippen LogP contribution in [-0.2, 0) is 14.3 Å². The van der Waals surface area contributed by atoms with Crippen molar-refractivity contribution in [2.75, 3.05) is 13.2 Å². The number of rotatable bonds is 20. The summed E-state index contributed by atoms with van der Waals surface area (Å²) in [7, 11) is 0. The smallest absolute Gasteiger partial charge is 0.308 e. The molecule has 0 aromatic carbocycles. The molecule has 0 saturated carbocycles. The van der Waals surface area contributed by atoms with E-state index < -0.39 is 5.97 Å². The summed E-state index contributed by atoms with van der Waals surface area (Å²) >= 11 is 0. The number of aliphatic hydroxyl groups excluding tert-OH is 1. The molecule has 2 N–H and O–H groups in total. The molecule has 0 aliphatic rings. The minimum absolute atomic E-state index is 0.0200. The molecule has 0 amide bonds. The number of esters is 1. The molecule has 0 heterocycles. The van der Waals surface area contributed by atoms with Crippen molar-refractivity contribution in [1.82, 2.24) is 0 Å². The first-order valence-corrected chi connectivity index (χ1v) is 11.1. The zero-order chi connectivity index (χ0) is 20.2. The number of carbonyl (C=O) groups is 2. The number of carboxylic acid groups (broad SMARTS) is 1. The molecule has 0 bridgehead atoms. The molecule has 1 atom stereocenters. The Hall–Kier alpha value is -1.10. The number of hydrogen-bond donors (Lipinski definition) is 2. The zero-order valence-electron chi connectivity index (χ0n) is 17.4. The van der Waals surface area contributed by atoms with Crippen molar-refractivity contribution < 1.29 is 24.5 Å². The van der Waals surface area contributed by atoms with Gasteiger partial charge in [-0.25, -0.2) is 0 Å². The molecule has 5 nitrogen and oxygen atoms in total. The normalized spacial score (nSPS) is 12.1. The van der Waals surface area contributed by atoms with Crippen LogP contribution in [-0.4, -0.2) is 35.4 Å². The Morgan fingerprint density at radius 3 is 1.89 bits per heavy atom. The summed E-state index contributed by atoms with van der Waals surface area (Å²) in [4.78, 5) is 22.8. The molecular weight excluding hydrogens is 344 g/mol. The Labute approximate surface area is 165 Å². The Morgan fingerprint density at radius 2 is 1.33 bits per heavy atom. The first-order chi connectivity index (χ1) is 13.1. The summed E-state index contributed by atoms with van der Waals surface area (Å²) in [6.45, 7) is 2.75. The maximum atomic E-state index is 12.3. The fourth-order valence-corrected chi connectivity index (χ4v) is 3.25. The minimum atomic E-state index is -0.705. The SMILES string of the molecule is CCCCCCC(CCCCCCCCCC(=O)O)C(=O)OCCCCO. The largest absolute Gasteiger partial charge is 0.481 e. The molecule has 5 heteroatoms. The number of ether oxygens (including phenoxy) is 1. The van der Waals surface area contributed by atoms with Crippen LogP contribution in [0.25, 0.3) is 0 Å². The minimum Gasteiger partial charge on any atom is -0.481 e. The summed E-state index contributed by atoms with van der Waals surface area (Å²) in [6, 6.07) is 0. The highest BCUT2D eigenvalue weighted by molar-refractivity contribution is 5.72. The highest BCUT2D eigenvalue weighted by atomic mass is 16.5. The molecule has 1 unspecified atom stereocenters. The second kappa shape index (κ2) is 19.7. The zero-order valence-corrected chi connectivity index (χ0v) is 17.4. The third-order valence-corrected chi connectivity index (χ3v) is 4.98. The average molecular weight is 387 g/mol. The van der Waals surface area contributed by atoms with Crippen molar-refractivity contribution in [3.05, 3.63) is 0 Å². The van der Waals surface area contributed by atoms with Crippen molar-refractivity contribution in [1.29, 1.82) is 0 Å². The second-order valence-corrected chi connectivity index (χ2v) is 7.55. The van der Waals surface area contributed by atoms with Gasteiger partial charge in [-0.2, -0.15) is 0 Å². The van der Waals surface area contributed by atoms with Gasteiger partial charge in [-0.15, -0.1) is 0 Å². The van der Waals surface area contributed by atoms with Crippen molar-refractivity contribution in [2.45, 2.75) is 110 Å². The van der Waals surface area contributed by atoms with E-state index in [-0.39, 0.29) is 24.9 Å². The van der Waals surface area contributed by atoms with E-state index in [1.807, 2.05) is 0 Å². The van der Waals surface area contributed by atoms with Crippen LogP contribution in [0.15, 0.2) is 0 Å². The Morgan fingerprint density at radius 1 is 0.778 bits per heavy atom. The van der Waals surface area contributed by atoms with Gasteiger partial charge < -0.3 is 14.9 Å². The predicted octanol–water partition coefficient (Wildman–Crippen LogP) is 5.48. The Kier molecular flexibility index (Phi) is 18.9. The topological polar surface area (TPSA) is 83.8 Å². The molecule has 0 aliphatic carbocycles. The van der Waals surface area contributed by atoms with Gasteiger partial charge in [0.1, 0.15) is 0 Å². The van der Waals surface area contributed by atoms with Crippen LogP contribution in [0.1, 0.15) is 110 Å². The van der Waals surface area contributed by atoms with E-state index in [9.17, 15) is 9.59 Å². The molecular formula is C22H42O5. The molecule has 0 spiro atoms. The number of aliphatic carboxylic acids is 1. The van der Waals surface area contributed by atoms with Crippen molar-refractivity contribution >= 4 is 11.9 Å². The van der Waals surface area contributed by atoms with E-state index in [2.05, 4.69) is 6.92 Å². The summed E-state index contributed by atoms with van der Waals surface area (Å²) in [6.07, 6.45) is 15.6. The first kappa shape index (κ1) is 25.9. The van der Waals surface area contributed by atoms with Crippen LogP contribution in [0.5, 0.6) is 0 Å². The lowest BCUT2D eigenvalue weighted by Gasteiger charge is -2.16. The fourth-order valence-electron chi connectivity index (χ4n) is 3.25. The van der Waals surface area contributed by atoms with Crippen molar-refractivity contribution in [3.8, 4) is 0 Å². The van der Waals surface area contributed by atoms with E-state index >= 15 is 0 Å². The maximum absolute atomic E-state index is 12.3. The van der Waals surface area contributed by atoms with Gasteiger partial charge in [-0.05, 0) is 32.1 Å². The molecule has 0 aromatic heterocycles. The van der Waals surface area contributed by atoms with Gasteiger partial charge in [0.2, 0.25) is 0 Å². The lowest BCUT2D eigenvalue weighted by Crippen LogP contribution is -2.19. The van der Waals surface area contributed by atoms with Crippen LogP contribution in [0.2, 0.25) is 0 Å². The number of hydrogen-bond acceptors (Lipinski definition) is 4. The third kappa shape index (κ3) is 18.0. The molecule has 27 heavy (non-hydrogen) atoms. The van der Waals surface area contributed by atoms with Gasteiger partial charge in [-0.3, -0.25) is 9.59 Å². The van der Waals surface area contributed by atoms with E-state index in [1.165, 1.54) is 19.3 Å². The lowest BCUT2D eigenvalue weighted by atomic mass is 9.94. The van der Waals surface area contributed by atoms with Crippen molar-refractivity contribution in [2.24, 2.45) is 5.92 Å². The lowest BCUT2D eigenvalue weighted by molar-refractivity contribution is -0.149. The summed E-state index contributed by atoms with van der Waals surface area (Å²) in [5.74, 6) is -0.743. The third-order valence-electron chi connectivity index (χ3n) is 4.98. The monoisotopic (exact) mass is 386 g/mol. The van der Waals surface area contributed by atoms with Gasteiger partial charge >= 0.3 is 11.9 Å². The number of carbonyl (C=O) groups excluding carboxylic acids is 1. The van der Waals surface area contributed by atoms with Crippen LogP contribution >= 0.6 is 0 Å². The van der Waals surface area contributed by atoms with E-state index in [1.54, 1.807) is 0 Å². The fraction of sp³-hybridized carbons (Fsp3) is 0.909. The molecule has 0 aromatic rings. The van der Waals surface area contributed by atoms with Crippen LogP contribution in [0.4, 0.5) is 0 Å². The number of unbranched alkanes of at least 4 members (excludes halogenated alkanes) is 10. The van der Waals surface area contributed by atoms with Crippen LogP contribution in [0.3, 0.4) is 0 Å². The van der Waals surface area contributed by atoms with E-state index in [0.29, 0.717) is 13.0 Å². The molecule has 0 radical (unpaired) electrons. The van der Waals surface area contributed by atoms with Gasteiger partial charge in [0.25, 0.3) is 0 Å². The first-order valence-electron chi connectivity index (χ1n) is 11.1. The average Bonchev–Trinajstić information content (AvgIpc) is 2.65. The Bertz CT molecular complexity index is 357. The molecule has 0 saturated heterocycles. The van der Waals surface area contributed by atoms with Gasteiger partial charge in [-0.1, -0.05) is 71.1 Å². The standard InChI is InChI=1S/C22H42O5/c1-2-3-4-10-15-20(22(26)27-19-14-13-18-23)16-11-8-6-5-7-9-12-17-21(24)25/h20,23H,2-19H2,1H3,(H,24,25). The quantitative estimate of drug-likeness (QED) is 0.214. The highest BCUT2D eigenvalue weighted by Crippen LogP contribution is 2.20. The second-order valence-electron chi connectivity index (χ2n) is 7.55. The number of aliphatic hydroxyl groups is 1. The van der Waals surface area contributed by atoms with Gasteiger partial charge in [0.15, 0.2) is 0 Å². The van der Waals surface area contributed by atoms with Gasteiger partial charge in [0, 0.05) is 13.0 Å². The highest BCUT2D eigenvalue weighted by Gasteiger charge is 2.19. The summed E-state index contributed by atoms with van der Waals surface area (Å²) in [5.41, 5.74) is 0. The summed E-state index contributed by atoms with van der Waals surface area (Å²) < 4.78 is 5.41. The van der Waals surface area contributed by atoms with E-state index in [4.69, 9.17) is 14.9 Å².